The molecule has 0 aliphatic carbocycles. The van der Waals surface area contributed by atoms with Crippen LogP contribution in [0.25, 0.3) is 0 Å². The molecule has 0 bridgehead atoms. The number of carboxylic acid groups (broad SMARTS) is 1. The lowest BCUT2D eigenvalue weighted by Crippen LogP contribution is -2.32. The fourth-order valence-electron chi connectivity index (χ4n) is 1.57. The van der Waals surface area contributed by atoms with Crippen LogP contribution in [0.2, 0.25) is 0 Å². The minimum absolute atomic E-state index is 0.0637. The highest BCUT2D eigenvalue weighted by molar-refractivity contribution is 5.73. The second-order valence-electron chi connectivity index (χ2n) is 3.38. The van der Waals surface area contributed by atoms with Crippen molar-refractivity contribution < 1.29 is 24.1 Å². The monoisotopic (exact) mass is 212 g/mol. The molecule has 1 aromatic carbocycles. The number of aliphatic hydroxyl groups excluding tert-OH is 1. The molecule has 1 aliphatic rings. The summed E-state index contributed by atoms with van der Waals surface area (Å²) in [5, 5.41) is 18.3. The second-order valence-corrected chi connectivity index (χ2v) is 3.38. The number of ether oxygens (including phenoxy) is 1. The van der Waals surface area contributed by atoms with Gasteiger partial charge in [-0.15, -0.1) is 0 Å². The van der Waals surface area contributed by atoms with Gasteiger partial charge < -0.3 is 14.9 Å². The van der Waals surface area contributed by atoms with E-state index in [9.17, 15) is 14.3 Å². The summed E-state index contributed by atoms with van der Waals surface area (Å²) in [7, 11) is 0. The molecule has 0 saturated carbocycles. The fourth-order valence-corrected chi connectivity index (χ4v) is 1.57. The van der Waals surface area contributed by atoms with Gasteiger partial charge in [-0.05, 0) is 18.2 Å². The Labute approximate surface area is 84.9 Å². The number of aliphatic carboxylic acids is 1. The highest BCUT2D eigenvalue weighted by atomic mass is 19.1. The van der Waals surface area contributed by atoms with Crippen molar-refractivity contribution in [2.24, 2.45) is 0 Å². The van der Waals surface area contributed by atoms with Gasteiger partial charge in [0, 0.05) is 12.0 Å². The van der Waals surface area contributed by atoms with Crippen LogP contribution in [0.4, 0.5) is 4.39 Å². The summed E-state index contributed by atoms with van der Waals surface area (Å²) in [4.78, 5) is 10.7. The largest absolute Gasteiger partial charge is 0.479 e. The molecule has 1 aliphatic heterocycles. The van der Waals surface area contributed by atoms with Gasteiger partial charge in [0.15, 0.2) is 6.10 Å². The minimum Gasteiger partial charge on any atom is -0.479 e. The molecule has 0 unspecified atom stereocenters. The minimum atomic E-state index is -1.14. The van der Waals surface area contributed by atoms with E-state index < -0.39 is 24.0 Å². The second kappa shape index (κ2) is 3.51. The number of hydrogen-bond donors (Lipinski definition) is 2. The van der Waals surface area contributed by atoms with E-state index in [1.165, 1.54) is 6.07 Å². The highest BCUT2D eigenvalue weighted by Crippen LogP contribution is 2.34. The maximum atomic E-state index is 12.8. The maximum absolute atomic E-state index is 12.8. The molecule has 4 nitrogen and oxygen atoms in total. The zero-order chi connectivity index (χ0) is 11.0. The van der Waals surface area contributed by atoms with E-state index in [-0.39, 0.29) is 12.2 Å². The van der Waals surface area contributed by atoms with Gasteiger partial charge in [-0.25, -0.2) is 9.18 Å². The molecule has 0 aromatic heterocycles. The van der Waals surface area contributed by atoms with Gasteiger partial charge >= 0.3 is 5.97 Å². The van der Waals surface area contributed by atoms with Crippen molar-refractivity contribution in [1.29, 1.82) is 0 Å². The van der Waals surface area contributed by atoms with E-state index in [1.54, 1.807) is 0 Å². The van der Waals surface area contributed by atoms with Gasteiger partial charge in [0.1, 0.15) is 11.6 Å². The van der Waals surface area contributed by atoms with Crippen molar-refractivity contribution in [3.8, 4) is 5.75 Å². The molecule has 2 atom stereocenters. The first-order chi connectivity index (χ1) is 7.08. The van der Waals surface area contributed by atoms with Crippen molar-refractivity contribution in [2.45, 2.75) is 18.6 Å². The summed E-state index contributed by atoms with van der Waals surface area (Å²) in [6.45, 7) is 0. The lowest BCUT2D eigenvalue weighted by Gasteiger charge is -2.26. The van der Waals surface area contributed by atoms with Crippen molar-refractivity contribution in [3.63, 3.8) is 0 Å². The summed E-state index contributed by atoms with van der Waals surface area (Å²) in [6, 6.07) is 3.64. The van der Waals surface area contributed by atoms with Crippen LogP contribution in [-0.2, 0) is 4.79 Å². The predicted molar refractivity (Wildman–Crippen MR) is 48.0 cm³/mol. The molecule has 80 valence electrons. The van der Waals surface area contributed by atoms with Crippen LogP contribution in [0.1, 0.15) is 18.1 Å². The smallest absolute Gasteiger partial charge is 0.345 e. The number of fused-ring (bicyclic) bond motifs is 1. The molecule has 0 amide bonds. The van der Waals surface area contributed by atoms with E-state index in [4.69, 9.17) is 9.84 Å². The Morgan fingerprint density at radius 2 is 2.27 bits per heavy atom. The summed E-state index contributed by atoms with van der Waals surface area (Å²) < 4.78 is 17.9. The molecular formula is C10H9FO4. The lowest BCUT2D eigenvalue weighted by atomic mass is 9.99. The Morgan fingerprint density at radius 3 is 2.93 bits per heavy atom. The number of benzene rings is 1. The zero-order valence-corrected chi connectivity index (χ0v) is 7.68. The molecular weight excluding hydrogens is 203 g/mol. The Bertz CT molecular complexity index is 404. The summed E-state index contributed by atoms with van der Waals surface area (Å²) >= 11 is 0. The van der Waals surface area contributed by atoms with Crippen molar-refractivity contribution >= 4 is 5.97 Å². The first kappa shape index (κ1) is 9.92. The third-order valence-corrected chi connectivity index (χ3v) is 2.31. The topological polar surface area (TPSA) is 66.8 Å². The van der Waals surface area contributed by atoms with E-state index in [1.807, 2.05) is 0 Å². The number of hydrogen-bond acceptors (Lipinski definition) is 3. The Hall–Kier alpha value is -1.62. The van der Waals surface area contributed by atoms with Crippen molar-refractivity contribution in [3.05, 3.63) is 29.6 Å². The Balaban J connectivity index is 2.36. The summed E-state index contributed by atoms with van der Waals surface area (Å²) in [5.74, 6) is -1.39. The highest BCUT2D eigenvalue weighted by Gasteiger charge is 2.31. The lowest BCUT2D eigenvalue weighted by molar-refractivity contribution is -0.147. The van der Waals surface area contributed by atoms with Crippen LogP contribution >= 0.6 is 0 Å². The maximum Gasteiger partial charge on any atom is 0.345 e. The molecule has 5 heteroatoms. The van der Waals surface area contributed by atoms with Crippen LogP contribution in [-0.4, -0.2) is 22.3 Å². The molecule has 0 fully saturated rings. The van der Waals surface area contributed by atoms with Gasteiger partial charge in [0.2, 0.25) is 0 Å². The molecule has 15 heavy (non-hydrogen) atoms. The van der Waals surface area contributed by atoms with Crippen LogP contribution < -0.4 is 4.74 Å². The third-order valence-electron chi connectivity index (χ3n) is 2.31. The summed E-state index contributed by atoms with van der Waals surface area (Å²) in [6.07, 6.45) is -2.13. The van der Waals surface area contributed by atoms with E-state index in [0.29, 0.717) is 5.56 Å². The fraction of sp³-hybridized carbons (Fsp3) is 0.300. The molecule has 0 radical (unpaired) electrons. The number of carbonyl (C=O) groups is 1. The number of halogens is 1. The van der Waals surface area contributed by atoms with E-state index in [2.05, 4.69) is 0 Å². The number of carboxylic acids is 1. The molecule has 0 spiro atoms. The normalized spacial score (nSPS) is 24.1. The standard InChI is InChI=1S/C10H9FO4/c11-5-1-2-8-6(3-5)7(12)4-9(15-8)10(13)14/h1-3,7,9,12H,4H2,(H,13,14)/t7-,9+/m0/s1. The molecule has 2 rings (SSSR count). The Morgan fingerprint density at radius 1 is 1.53 bits per heavy atom. The number of aliphatic hydroxyl groups is 1. The first-order valence-corrected chi connectivity index (χ1v) is 4.45. The average Bonchev–Trinajstić information content (AvgIpc) is 2.18. The van der Waals surface area contributed by atoms with Crippen LogP contribution in [0.3, 0.4) is 0 Å². The van der Waals surface area contributed by atoms with Gasteiger partial charge in [0.25, 0.3) is 0 Å². The van der Waals surface area contributed by atoms with Gasteiger partial charge in [-0.1, -0.05) is 0 Å². The quantitative estimate of drug-likeness (QED) is 0.731. The summed E-state index contributed by atoms with van der Waals surface area (Å²) in [5.41, 5.74) is 0.299. The van der Waals surface area contributed by atoms with Crippen molar-refractivity contribution in [2.75, 3.05) is 0 Å². The van der Waals surface area contributed by atoms with Crippen LogP contribution in [0, 0.1) is 5.82 Å². The Kier molecular flexibility index (Phi) is 2.32. The predicted octanol–water partition coefficient (Wildman–Crippen LogP) is 1.09. The van der Waals surface area contributed by atoms with Gasteiger partial charge in [-0.3, -0.25) is 0 Å². The van der Waals surface area contributed by atoms with Crippen LogP contribution in [0.15, 0.2) is 18.2 Å². The molecule has 2 N–H and O–H groups in total. The SMILES string of the molecule is O=C(O)[C@H]1C[C@H](O)c2cc(F)ccc2O1. The first-order valence-electron chi connectivity index (χ1n) is 4.45. The molecule has 1 heterocycles. The van der Waals surface area contributed by atoms with Gasteiger partial charge in [0.05, 0.1) is 6.10 Å². The zero-order valence-electron chi connectivity index (χ0n) is 7.68. The van der Waals surface area contributed by atoms with Crippen molar-refractivity contribution in [1.82, 2.24) is 0 Å². The van der Waals surface area contributed by atoms with Gasteiger partial charge in [-0.2, -0.15) is 0 Å². The van der Waals surface area contributed by atoms with E-state index >= 15 is 0 Å². The molecule has 0 saturated heterocycles. The van der Waals surface area contributed by atoms with Crippen LogP contribution in [0.5, 0.6) is 5.75 Å². The molecule has 1 aromatic rings. The number of rotatable bonds is 1. The average molecular weight is 212 g/mol. The third kappa shape index (κ3) is 1.78. The van der Waals surface area contributed by atoms with E-state index in [0.717, 1.165) is 12.1 Å².